The van der Waals surface area contributed by atoms with E-state index in [2.05, 4.69) is 16.3 Å². The second-order valence-electron chi connectivity index (χ2n) is 5.28. The zero-order valence-electron chi connectivity index (χ0n) is 11.4. The molecule has 1 aromatic rings. The van der Waals surface area contributed by atoms with E-state index < -0.39 is 0 Å². The summed E-state index contributed by atoms with van der Waals surface area (Å²) >= 11 is 1.66. The predicted octanol–water partition coefficient (Wildman–Crippen LogP) is 1.41. The lowest BCUT2D eigenvalue weighted by atomic mass is 9.98. The van der Waals surface area contributed by atoms with Gasteiger partial charge in [0.25, 0.3) is 0 Å². The highest BCUT2D eigenvalue weighted by molar-refractivity contribution is 7.07. The predicted molar refractivity (Wildman–Crippen MR) is 77.0 cm³/mol. The normalized spacial score (nSPS) is 17.6. The second-order valence-corrected chi connectivity index (χ2v) is 6.06. The Kier molecular flexibility index (Phi) is 5.36. The molecule has 0 aromatic carbocycles. The van der Waals surface area contributed by atoms with E-state index in [1.807, 2.05) is 12.4 Å². The van der Waals surface area contributed by atoms with Gasteiger partial charge in [-0.25, -0.2) is 0 Å². The number of carbonyl (C=O) groups excluding carboxylic acids is 1. The number of aliphatic hydroxyl groups is 1. The van der Waals surface area contributed by atoms with Crippen molar-refractivity contribution in [1.82, 2.24) is 9.80 Å². The standard InChI is InChI=1S/C14H22N2O2S/c1-15(8-13-4-7-19-11-13)14(18)9-16-5-2-12(10-17)3-6-16/h4,7,11-12,17H,2-3,5-6,8-10H2,1H3. The molecule has 1 amide bonds. The van der Waals surface area contributed by atoms with Crippen LogP contribution in [0.2, 0.25) is 0 Å². The molecule has 1 aliphatic heterocycles. The Morgan fingerprint density at radius 3 is 2.84 bits per heavy atom. The zero-order chi connectivity index (χ0) is 13.7. The maximum Gasteiger partial charge on any atom is 0.236 e. The molecule has 1 aliphatic rings. The summed E-state index contributed by atoms with van der Waals surface area (Å²) in [5.74, 6) is 0.600. The van der Waals surface area contributed by atoms with E-state index >= 15 is 0 Å². The van der Waals surface area contributed by atoms with Gasteiger partial charge in [0.15, 0.2) is 0 Å². The van der Waals surface area contributed by atoms with Crippen molar-refractivity contribution >= 4 is 17.2 Å². The minimum absolute atomic E-state index is 0.175. The number of thiophene rings is 1. The number of hydrogen-bond acceptors (Lipinski definition) is 4. The fraction of sp³-hybridized carbons (Fsp3) is 0.643. The van der Waals surface area contributed by atoms with E-state index in [0.717, 1.165) is 25.9 Å². The summed E-state index contributed by atoms with van der Waals surface area (Å²) in [5.41, 5.74) is 1.19. The number of aliphatic hydroxyl groups excluding tert-OH is 1. The van der Waals surface area contributed by atoms with Gasteiger partial charge in [0.2, 0.25) is 5.91 Å². The first-order valence-electron chi connectivity index (χ1n) is 6.77. The van der Waals surface area contributed by atoms with Gasteiger partial charge in [0, 0.05) is 20.2 Å². The van der Waals surface area contributed by atoms with Crippen LogP contribution in [0.4, 0.5) is 0 Å². The van der Waals surface area contributed by atoms with Crippen molar-refractivity contribution in [1.29, 1.82) is 0 Å². The highest BCUT2D eigenvalue weighted by Crippen LogP contribution is 2.16. The molecule has 0 aliphatic carbocycles. The van der Waals surface area contributed by atoms with Crippen molar-refractivity contribution in [3.63, 3.8) is 0 Å². The minimum atomic E-state index is 0.175. The molecular weight excluding hydrogens is 260 g/mol. The topological polar surface area (TPSA) is 43.8 Å². The molecule has 4 nitrogen and oxygen atoms in total. The molecule has 19 heavy (non-hydrogen) atoms. The van der Waals surface area contributed by atoms with Gasteiger partial charge in [-0.3, -0.25) is 9.69 Å². The highest BCUT2D eigenvalue weighted by Gasteiger charge is 2.21. The summed E-state index contributed by atoms with van der Waals surface area (Å²) in [4.78, 5) is 16.1. The van der Waals surface area contributed by atoms with Crippen molar-refractivity contribution in [3.05, 3.63) is 22.4 Å². The lowest BCUT2D eigenvalue weighted by Crippen LogP contribution is -2.42. The number of amides is 1. The molecule has 0 unspecified atom stereocenters. The summed E-state index contributed by atoms with van der Waals surface area (Å²) in [7, 11) is 1.86. The van der Waals surface area contributed by atoms with Crippen LogP contribution < -0.4 is 0 Å². The summed E-state index contributed by atoms with van der Waals surface area (Å²) in [6.07, 6.45) is 2.00. The first-order chi connectivity index (χ1) is 9.19. The second kappa shape index (κ2) is 7.03. The fourth-order valence-corrected chi connectivity index (χ4v) is 3.04. The SMILES string of the molecule is CN(Cc1ccsc1)C(=O)CN1CCC(CO)CC1. The van der Waals surface area contributed by atoms with Crippen LogP contribution in [0.25, 0.3) is 0 Å². The molecule has 1 fully saturated rings. The molecule has 106 valence electrons. The zero-order valence-corrected chi connectivity index (χ0v) is 12.2. The third-order valence-electron chi connectivity index (χ3n) is 3.75. The monoisotopic (exact) mass is 282 g/mol. The van der Waals surface area contributed by atoms with E-state index in [4.69, 9.17) is 5.11 Å². The highest BCUT2D eigenvalue weighted by atomic mass is 32.1. The molecule has 0 atom stereocenters. The molecule has 0 radical (unpaired) electrons. The number of likely N-dealkylation sites (tertiary alicyclic amines) is 1. The number of likely N-dealkylation sites (N-methyl/N-ethyl adjacent to an activating group) is 1. The van der Waals surface area contributed by atoms with Gasteiger partial charge in [-0.15, -0.1) is 0 Å². The van der Waals surface area contributed by atoms with Gasteiger partial charge >= 0.3 is 0 Å². The van der Waals surface area contributed by atoms with Crippen molar-refractivity contribution in [2.24, 2.45) is 5.92 Å². The summed E-state index contributed by atoms with van der Waals surface area (Å²) in [5, 5.41) is 13.2. The summed E-state index contributed by atoms with van der Waals surface area (Å²) < 4.78 is 0. The third-order valence-corrected chi connectivity index (χ3v) is 4.48. The Balaban J connectivity index is 1.74. The van der Waals surface area contributed by atoms with Crippen molar-refractivity contribution in [3.8, 4) is 0 Å². The molecule has 5 heteroatoms. The van der Waals surface area contributed by atoms with Gasteiger partial charge in [0.05, 0.1) is 6.54 Å². The van der Waals surface area contributed by atoms with Crippen LogP contribution in [0.5, 0.6) is 0 Å². The van der Waals surface area contributed by atoms with Crippen LogP contribution in [0.1, 0.15) is 18.4 Å². The molecule has 0 saturated carbocycles. The van der Waals surface area contributed by atoms with Crippen LogP contribution in [0.15, 0.2) is 16.8 Å². The maximum atomic E-state index is 12.1. The van der Waals surface area contributed by atoms with Crippen molar-refractivity contribution in [2.75, 3.05) is 33.3 Å². The van der Waals surface area contributed by atoms with E-state index in [-0.39, 0.29) is 12.5 Å². The lowest BCUT2D eigenvalue weighted by Gasteiger charge is -2.31. The van der Waals surface area contributed by atoms with Gasteiger partial charge in [0.1, 0.15) is 0 Å². The summed E-state index contributed by atoms with van der Waals surface area (Å²) in [6, 6.07) is 2.06. The molecule has 0 spiro atoms. The average molecular weight is 282 g/mol. The van der Waals surface area contributed by atoms with Gasteiger partial charge < -0.3 is 10.0 Å². The van der Waals surface area contributed by atoms with E-state index in [1.165, 1.54) is 5.56 Å². The van der Waals surface area contributed by atoms with Gasteiger partial charge in [-0.05, 0) is 54.2 Å². The first-order valence-corrected chi connectivity index (χ1v) is 7.71. The van der Waals surface area contributed by atoms with E-state index in [9.17, 15) is 4.79 Å². The van der Waals surface area contributed by atoms with Crippen LogP contribution in [-0.2, 0) is 11.3 Å². The van der Waals surface area contributed by atoms with Crippen molar-refractivity contribution < 1.29 is 9.90 Å². The van der Waals surface area contributed by atoms with Crippen LogP contribution in [-0.4, -0.2) is 54.1 Å². The van der Waals surface area contributed by atoms with Crippen LogP contribution >= 0.6 is 11.3 Å². The smallest absolute Gasteiger partial charge is 0.236 e. The minimum Gasteiger partial charge on any atom is -0.396 e. The van der Waals surface area contributed by atoms with E-state index in [0.29, 0.717) is 19.0 Å². The molecule has 0 bridgehead atoms. The number of piperidine rings is 1. The third kappa shape index (κ3) is 4.30. The largest absolute Gasteiger partial charge is 0.396 e. The molecular formula is C14H22N2O2S. The maximum absolute atomic E-state index is 12.1. The molecule has 2 heterocycles. The Labute approximate surface area is 118 Å². The van der Waals surface area contributed by atoms with Crippen LogP contribution in [0.3, 0.4) is 0 Å². The average Bonchev–Trinajstić information content (AvgIpc) is 2.92. The van der Waals surface area contributed by atoms with Gasteiger partial charge in [-0.2, -0.15) is 11.3 Å². The Bertz CT molecular complexity index is 386. The first kappa shape index (κ1) is 14.5. The molecule has 1 saturated heterocycles. The quantitative estimate of drug-likeness (QED) is 0.888. The van der Waals surface area contributed by atoms with Crippen molar-refractivity contribution in [2.45, 2.75) is 19.4 Å². The number of nitrogens with zero attached hydrogens (tertiary/aromatic N) is 2. The number of hydrogen-bond donors (Lipinski definition) is 1. The van der Waals surface area contributed by atoms with E-state index in [1.54, 1.807) is 16.2 Å². The fourth-order valence-electron chi connectivity index (χ4n) is 2.38. The molecule has 1 aromatic heterocycles. The van der Waals surface area contributed by atoms with Crippen LogP contribution in [0, 0.1) is 5.92 Å². The number of carbonyl (C=O) groups is 1. The lowest BCUT2D eigenvalue weighted by molar-refractivity contribution is -0.132. The Morgan fingerprint density at radius 2 is 2.26 bits per heavy atom. The summed E-state index contributed by atoms with van der Waals surface area (Å²) in [6.45, 7) is 3.31. The molecule has 1 N–H and O–H groups in total. The number of rotatable bonds is 5. The van der Waals surface area contributed by atoms with Gasteiger partial charge in [-0.1, -0.05) is 0 Å². The Hall–Kier alpha value is -0.910. The molecule has 2 rings (SSSR count). The Morgan fingerprint density at radius 1 is 1.53 bits per heavy atom.